The van der Waals surface area contributed by atoms with Gasteiger partial charge in [0.05, 0.1) is 29.5 Å². The summed E-state index contributed by atoms with van der Waals surface area (Å²) >= 11 is 0. The smallest absolute Gasteiger partial charge is 0.0693 e. The SMILES string of the molecule is CC1(C)CCC[C@](C)([C@H]2CC[C@]3(C)[C@@H]2[C@H](O)C[C@@H]2[C@@]4(C)CC[C@H](O)C(C)(C)[C@@H]4[C@@H](O)C[C@]23C)O1. The molecule has 4 heteroatoms. The van der Waals surface area contributed by atoms with Gasteiger partial charge in [-0.05, 0) is 124 Å². The molecule has 4 nitrogen and oxygen atoms in total. The molecule has 0 spiro atoms. The van der Waals surface area contributed by atoms with Gasteiger partial charge in [-0.2, -0.15) is 0 Å². The summed E-state index contributed by atoms with van der Waals surface area (Å²) in [6, 6.07) is 0. The van der Waals surface area contributed by atoms with E-state index in [1.54, 1.807) is 0 Å². The van der Waals surface area contributed by atoms with Gasteiger partial charge in [-0.3, -0.25) is 0 Å². The molecule has 34 heavy (non-hydrogen) atoms. The molecule has 0 aromatic rings. The van der Waals surface area contributed by atoms with Crippen LogP contribution in [-0.4, -0.2) is 44.8 Å². The van der Waals surface area contributed by atoms with Gasteiger partial charge >= 0.3 is 0 Å². The van der Waals surface area contributed by atoms with Gasteiger partial charge in [0.25, 0.3) is 0 Å². The molecule has 5 aliphatic rings. The molecule has 0 radical (unpaired) electrons. The van der Waals surface area contributed by atoms with Crippen molar-refractivity contribution in [3.63, 3.8) is 0 Å². The summed E-state index contributed by atoms with van der Waals surface area (Å²) in [4.78, 5) is 0. The maximum Gasteiger partial charge on any atom is 0.0693 e. The molecule has 5 rings (SSSR count). The van der Waals surface area contributed by atoms with Gasteiger partial charge in [0.15, 0.2) is 0 Å². The number of hydrogen-bond donors (Lipinski definition) is 3. The Labute approximate surface area is 208 Å². The fraction of sp³-hybridized carbons (Fsp3) is 1.00. The van der Waals surface area contributed by atoms with Crippen molar-refractivity contribution in [1.29, 1.82) is 0 Å². The van der Waals surface area contributed by atoms with Crippen LogP contribution in [0, 0.1) is 45.3 Å². The van der Waals surface area contributed by atoms with E-state index in [0.29, 0.717) is 11.8 Å². The molecule has 1 saturated heterocycles. The molecule has 1 heterocycles. The Morgan fingerprint density at radius 1 is 0.735 bits per heavy atom. The van der Waals surface area contributed by atoms with E-state index in [4.69, 9.17) is 4.74 Å². The average Bonchev–Trinajstić information content (AvgIpc) is 3.07. The molecule has 4 aliphatic carbocycles. The lowest BCUT2D eigenvalue weighted by molar-refractivity contribution is -0.279. The van der Waals surface area contributed by atoms with Crippen molar-refractivity contribution in [2.45, 2.75) is 143 Å². The molecule has 11 atom stereocenters. The minimum Gasteiger partial charge on any atom is -0.393 e. The molecular weight excluding hydrogens is 424 g/mol. The lowest BCUT2D eigenvalue weighted by Crippen LogP contribution is -2.70. The van der Waals surface area contributed by atoms with E-state index < -0.39 is 6.10 Å². The highest BCUT2D eigenvalue weighted by Crippen LogP contribution is 2.76. The molecule has 196 valence electrons. The molecule has 0 aromatic carbocycles. The van der Waals surface area contributed by atoms with Gasteiger partial charge in [-0.1, -0.05) is 34.6 Å². The lowest BCUT2D eigenvalue weighted by Gasteiger charge is -2.71. The van der Waals surface area contributed by atoms with E-state index in [2.05, 4.69) is 55.4 Å². The van der Waals surface area contributed by atoms with Crippen LogP contribution in [0.25, 0.3) is 0 Å². The fourth-order valence-electron chi connectivity index (χ4n) is 11.5. The first-order valence-corrected chi connectivity index (χ1v) is 14.3. The number of rotatable bonds is 1. The minimum absolute atomic E-state index is 0.0247. The predicted octanol–water partition coefficient (Wildman–Crippen LogP) is 5.71. The Kier molecular flexibility index (Phi) is 5.59. The molecule has 4 saturated carbocycles. The third-order valence-corrected chi connectivity index (χ3v) is 13.0. The Balaban J connectivity index is 1.54. The van der Waals surface area contributed by atoms with E-state index in [-0.39, 0.29) is 56.9 Å². The van der Waals surface area contributed by atoms with Gasteiger partial charge in [0.2, 0.25) is 0 Å². The minimum atomic E-state index is -0.414. The Morgan fingerprint density at radius 3 is 2.06 bits per heavy atom. The summed E-state index contributed by atoms with van der Waals surface area (Å²) in [6.07, 6.45) is 7.79. The molecule has 1 aliphatic heterocycles. The highest BCUT2D eigenvalue weighted by Gasteiger charge is 2.73. The lowest BCUT2D eigenvalue weighted by atomic mass is 9.34. The third-order valence-electron chi connectivity index (χ3n) is 13.0. The summed E-state index contributed by atoms with van der Waals surface area (Å²) in [5.74, 6) is 0.984. The zero-order valence-corrected chi connectivity index (χ0v) is 23.2. The highest BCUT2D eigenvalue weighted by molar-refractivity contribution is 5.21. The Morgan fingerprint density at radius 2 is 1.41 bits per heavy atom. The highest BCUT2D eigenvalue weighted by atomic mass is 16.5. The van der Waals surface area contributed by atoms with E-state index in [9.17, 15) is 15.3 Å². The van der Waals surface area contributed by atoms with Crippen molar-refractivity contribution in [1.82, 2.24) is 0 Å². The van der Waals surface area contributed by atoms with Crippen LogP contribution >= 0.6 is 0 Å². The van der Waals surface area contributed by atoms with Gasteiger partial charge in [-0.25, -0.2) is 0 Å². The zero-order chi connectivity index (χ0) is 25.1. The van der Waals surface area contributed by atoms with Crippen LogP contribution in [0.15, 0.2) is 0 Å². The van der Waals surface area contributed by atoms with E-state index in [0.717, 1.165) is 51.4 Å². The number of ether oxygens (including phenoxy) is 1. The van der Waals surface area contributed by atoms with Gasteiger partial charge < -0.3 is 20.1 Å². The van der Waals surface area contributed by atoms with Crippen LogP contribution < -0.4 is 0 Å². The second kappa shape index (κ2) is 7.45. The van der Waals surface area contributed by atoms with Crippen LogP contribution in [0.4, 0.5) is 0 Å². The second-order valence-corrected chi connectivity index (χ2v) is 15.5. The van der Waals surface area contributed by atoms with Crippen molar-refractivity contribution >= 4 is 0 Å². The van der Waals surface area contributed by atoms with Crippen molar-refractivity contribution in [2.75, 3.05) is 0 Å². The number of aliphatic hydroxyl groups excluding tert-OH is 3. The van der Waals surface area contributed by atoms with Gasteiger partial charge in [0.1, 0.15) is 0 Å². The first-order chi connectivity index (χ1) is 15.5. The molecule has 0 aromatic heterocycles. The quantitative estimate of drug-likeness (QED) is 0.453. The van der Waals surface area contributed by atoms with Crippen LogP contribution in [0.2, 0.25) is 0 Å². The Hall–Kier alpha value is -0.160. The van der Waals surface area contributed by atoms with Crippen LogP contribution in [-0.2, 0) is 4.74 Å². The summed E-state index contributed by atoms with van der Waals surface area (Å²) in [7, 11) is 0. The molecule has 0 unspecified atom stereocenters. The first-order valence-electron chi connectivity index (χ1n) is 14.3. The normalized spacial score (nSPS) is 58.5. The maximum atomic E-state index is 11.9. The second-order valence-electron chi connectivity index (χ2n) is 15.5. The molecule has 0 bridgehead atoms. The number of aliphatic hydroxyl groups is 3. The maximum absolute atomic E-state index is 11.9. The Bertz CT molecular complexity index is 823. The summed E-state index contributed by atoms with van der Waals surface area (Å²) < 4.78 is 6.83. The molecular formula is C30H52O4. The van der Waals surface area contributed by atoms with Gasteiger partial charge in [-0.15, -0.1) is 0 Å². The molecule has 3 N–H and O–H groups in total. The van der Waals surface area contributed by atoms with Crippen molar-refractivity contribution in [2.24, 2.45) is 45.3 Å². The average molecular weight is 477 g/mol. The van der Waals surface area contributed by atoms with Crippen LogP contribution in [0.5, 0.6) is 0 Å². The predicted molar refractivity (Wildman–Crippen MR) is 135 cm³/mol. The zero-order valence-electron chi connectivity index (χ0n) is 23.2. The van der Waals surface area contributed by atoms with E-state index >= 15 is 0 Å². The largest absolute Gasteiger partial charge is 0.393 e. The fourth-order valence-corrected chi connectivity index (χ4v) is 11.5. The van der Waals surface area contributed by atoms with Crippen LogP contribution in [0.1, 0.15) is 113 Å². The van der Waals surface area contributed by atoms with E-state index in [1.165, 1.54) is 6.42 Å². The summed E-state index contributed by atoms with van der Waals surface area (Å²) in [5.41, 5.74) is -0.739. The summed E-state index contributed by atoms with van der Waals surface area (Å²) in [6.45, 7) is 18.4. The molecule has 0 amide bonds. The third kappa shape index (κ3) is 3.16. The van der Waals surface area contributed by atoms with E-state index in [1.807, 2.05) is 0 Å². The molecule has 5 fully saturated rings. The number of hydrogen-bond acceptors (Lipinski definition) is 4. The first kappa shape index (κ1) is 25.5. The van der Waals surface area contributed by atoms with Crippen molar-refractivity contribution in [3.8, 4) is 0 Å². The monoisotopic (exact) mass is 476 g/mol. The number of fused-ring (bicyclic) bond motifs is 5. The van der Waals surface area contributed by atoms with Gasteiger partial charge in [0, 0.05) is 0 Å². The topological polar surface area (TPSA) is 69.9 Å². The summed E-state index contributed by atoms with van der Waals surface area (Å²) in [5, 5.41) is 34.6. The van der Waals surface area contributed by atoms with Crippen molar-refractivity contribution in [3.05, 3.63) is 0 Å². The standard InChI is InChI=1S/C30H52O4/c1-25(2)12-9-13-30(8,34-25)18-10-15-28(6)23(18)19(31)16-21-27(5)14-11-22(33)26(3,4)24(27)20(32)17-29(21,28)7/h18-24,31-33H,9-17H2,1-8H3/t18-,19+,20-,21+,22-,23-,24-,27+,28+,29+,30+/m0/s1. The van der Waals surface area contributed by atoms with Crippen molar-refractivity contribution < 1.29 is 20.1 Å². The van der Waals surface area contributed by atoms with Crippen LogP contribution in [0.3, 0.4) is 0 Å².